The first-order valence-electron chi connectivity index (χ1n) is 6.32. The minimum atomic E-state index is -0.466. The van der Waals surface area contributed by atoms with Crippen molar-refractivity contribution < 1.29 is 19.2 Å². The maximum absolute atomic E-state index is 11.3. The normalized spacial score (nSPS) is 11.7. The number of hydrogen-bond donors (Lipinski definition) is 1. The van der Waals surface area contributed by atoms with Gasteiger partial charge in [0.15, 0.2) is 0 Å². The molecule has 1 atom stereocenters. The number of carbonyl (C=O) groups is 1. The zero-order valence-corrected chi connectivity index (χ0v) is 11.5. The van der Waals surface area contributed by atoms with Gasteiger partial charge in [-0.15, -0.1) is 0 Å². The Morgan fingerprint density at radius 3 is 2.60 bits per heavy atom. The van der Waals surface area contributed by atoms with Gasteiger partial charge in [-0.2, -0.15) is 0 Å². The van der Waals surface area contributed by atoms with E-state index in [-0.39, 0.29) is 11.7 Å². The van der Waals surface area contributed by atoms with E-state index in [1.54, 1.807) is 13.8 Å². The second kappa shape index (κ2) is 8.11. The molecule has 0 aliphatic carbocycles. The van der Waals surface area contributed by atoms with Gasteiger partial charge in [-0.3, -0.25) is 14.9 Å². The third kappa shape index (κ3) is 5.23. The Bertz CT molecular complexity index is 447. The molecule has 20 heavy (non-hydrogen) atoms. The molecule has 0 heterocycles. The first kappa shape index (κ1) is 15.9. The van der Waals surface area contributed by atoms with E-state index in [1.165, 1.54) is 24.3 Å². The lowest BCUT2D eigenvalue weighted by molar-refractivity contribution is -0.384. The molecule has 1 unspecified atom stereocenters. The Kier molecular flexibility index (Phi) is 6.45. The summed E-state index contributed by atoms with van der Waals surface area (Å²) in [6.45, 7) is 4.63. The Labute approximate surface area is 117 Å². The topological polar surface area (TPSA) is 90.7 Å². The van der Waals surface area contributed by atoms with Gasteiger partial charge in [-0.1, -0.05) is 0 Å². The van der Waals surface area contributed by atoms with Crippen LogP contribution in [0.5, 0.6) is 5.75 Å². The molecule has 7 nitrogen and oxygen atoms in total. The van der Waals surface area contributed by atoms with Gasteiger partial charge in [0.2, 0.25) is 0 Å². The molecular weight excluding hydrogens is 264 g/mol. The van der Waals surface area contributed by atoms with E-state index >= 15 is 0 Å². The van der Waals surface area contributed by atoms with Gasteiger partial charge in [-0.05, 0) is 26.0 Å². The number of nitro benzene ring substituents is 1. The maximum Gasteiger partial charge on any atom is 0.322 e. The SMILES string of the molecule is CCOC(=O)C(C)NCCOc1ccc([N+](=O)[O-])cc1. The number of non-ortho nitro benzene ring substituents is 1. The Balaban J connectivity index is 2.27. The van der Waals surface area contributed by atoms with Crippen molar-refractivity contribution in [3.05, 3.63) is 34.4 Å². The number of nitro groups is 1. The van der Waals surface area contributed by atoms with Gasteiger partial charge in [0.25, 0.3) is 5.69 Å². The Morgan fingerprint density at radius 1 is 1.40 bits per heavy atom. The first-order chi connectivity index (χ1) is 9.54. The highest BCUT2D eigenvalue weighted by atomic mass is 16.6. The summed E-state index contributed by atoms with van der Waals surface area (Å²) in [5, 5.41) is 13.4. The van der Waals surface area contributed by atoms with Crippen LogP contribution in [-0.2, 0) is 9.53 Å². The van der Waals surface area contributed by atoms with Gasteiger partial charge in [0.1, 0.15) is 18.4 Å². The summed E-state index contributed by atoms with van der Waals surface area (Å²) in [6.07, 6.45) is 0. The van der Waals surface area contributed by atoms with Crippen molar-refractivity contribution in [3.63, 3.8) is 0 Å². The molecule has 0 saturated heterocycles. The monoisotopic (exact) mass is 282 g/mol. The van der Waals surface area contributed by atoms with Crippen LogP contribution in [0.2, 0.25) is 0 Å². The van der Waals surface area contributed by atoms with Gasteiger partial charge in [0.05, 0.1) is 11.5 Å². The molecular formula is C13H18N2O5. The number of hydrogen-bond acceptors (Lipinski definition) is 6. The summed E-state index contributed by atoms with van der Waals surface area (Å²) in [4.78, 5) is 21.3. The van der Waals surface area contributed by atoms with Crippen LogP contribution in [0.25, 0.3) is 0 Å². The van der Waals surface area contributed by atoms with Crippen molar-refractivity contribution in [1.29, 1.82) is 0 Å². The molecule has 0 spiro atoms. The number of esters is 1. The third-order valence-corrected chi connectivity index (χ3v) is 2.51. The van der Waals surface area contributed by atoms with Crippen molar-refractivity contribution in [2.24, 2.45) is 0 Å². The van der Waals surface area contributed by atoms with E-state index in [0.29, 0.717) is 25.5 Å². The fourth-order valence-corrected chi connectivity index (χ4v) is 1.46. The van der Waals surface area contributed by atoms with Crippen LogP contribution in [0.1, 0.15) is 13.8 Å². The number of nitrogens with one attached hydrogen (secondary N) is 1. The van der Waals surface area contributed by atoms with Crippen molar-refractivity contribution in [2.75, 3.05) is 19.8 Å². The molecule has 1 N–H and O–H groups in total. The molecule has 0 amide bonds. The molecule has 0 radical (unpaired) electrons. The van der Waals surface area contributed by atoms with E-state index < -0.39 is 11.0 Å². The van der Waals surface area contributed by atoms with E-state index in [4.69, 9.17) is 9.47 Å². The molecule has 0 bridgehead atoms. The maximum atomic E-state index is 11.3. The van der Waals surface area contributed by atoms with E-state index in [2.05, 4.69) is 5.32 Å². The molecule has 1 aromatic carbocycles. The zero-order chi connectivity index (χ0) is 15.0. The zero-order valence-electron chi connectivity index (χ0n) is 11.5. The predicted octanol–water partition coefficient (Wildman–Crippen LogP) is 1.51. The molecule has 110 valence electrons. The highest BCUT2D eigenvalue weighted by Crippen LogP contribution is 2.16. The molecule has 0 aliphatic rings. The lowest BCUT2D eigenvalue weighted by Gasteiger charge is -2.12. The van der Waals surface area contributed by atoms with Gasteiger partial charge >= 0.3 is 5.97 Å². The van der Waals surface area contributed by atoms with Crippen LogP contribution in [0.4, 0.5) is 5.69 Å². The van der Waals surface area contributed by atoms with Gasteiger partial charge < -0.3 is 14.8 Å². The standard InChI is InChI=1S/C13H18N2O5/c1-3-19-13(16)10(2)14-8-9-20-12-6-4-11(5-7-12)15(17)18/h4-7,10,14H,3,8-9H2,1-2H3. The minimum absolute atomic E-state index is 0.0198. The highest BCUT2D eigenvalue weighted by molar-refractivity contribution is 5.75. The van der Waals surface area contributed by atoms with Crippen LogP contribution in [0.15, 0.2) is 24.3 Å². The van der Waals surface area contributed by atoms with Crippen LogP contribution in [0, 0.1) is 10.1 Å². The number of benzene rings is 1. The summed E-state index contributed by atoms with van der Waals surface area (Å²) in [5.41, 5.74) is 0.0198. The summed E-state index contributed by atoms with van der Waals surface area (Å²) in [6, 6.07) is 5.43. The third-order valence-electron chi connectivity index (χ3n) is 2.51. The van der Waals surface area contributed by atoms with Crippen molar-refractivity contribution in [2.45, 2.75) is 19.9 Å². The number of rotatable bonds is 8. The van der Waals surface area contributed by atoms with Crippen LogP contribution in [0.3, 0.4) is 0 Å². The summed E-state index contributed by atoms with van der Waals surface area (Å²) in [7, 11) is 0. The smallest absolute Gasteiger partial charge is 0.322 e. The van der Waals surface area contributed by atoms with Crippen molar-refractivity contribution in [1.82, 2.24) is 5.32 Å². The number of nitrogens with zero attached hydrogens (tertiary/aromatic N) is 1. The Hall–Kier alpha value is -2.15. The lowest BCUT2D eigenvalue weighted by atomic mass is 10.3. The van der Waals surface area contributed by atoms with E-state index in [1.807, 2.05) is 0 Å². The fourth-order valence-electron chi connectivity index (χ4n) is 1.46. The largest absolute Gasteiger partial charge is 0.492 e. The summed E-state index contributed by atoms with van der Waals surface area (Å²) >= 11 is 0. The quantitative estimate of drug-likeness (QED) is 0.336. The minimum Gasteiger partial charge on any atom is -0.492 e. The summed E-state index contributed by atoms with van der Waals surface area (Å²) in [5.74, 6) is 0.240. The average molecular weight is 282 g/mol. The lowest BCUT2D eigenvalue weighted by Crippen LogP contribution is -2.37. The fraction of sp³-hybridized carbons (Fsp3) is 0.462. The van der Waals surface area contributed by atoms with Crippen molar-refractivity contribution >= 4 is 11.7 Å². The predicted molar refractivity (Wildman–Crippen MR) is 72.7 cm³/mol. The van der Waals surface area contributed by atoms with E-state index in [9.17, 15) is 14.9 Å². The molecule has 0 aliphatic heterocycles. The first-order valence-corrected chi connectivity index (χ1v) is 6.32. The number of carbonyl (C=O) groups excluding carboxylic acids is 1. The average Bonchev–Trinajstić information content (AvgIpc) is 2.44. The Morgan fingerprint density at radius 2 is 2.05 bits per heavy atom. The molecule has 0 saturated carbocycles. The van der Waals surface area contributed by atoms with E-state index in [0.717, 1.165) is 0 Å². The molecule has 0 fully saturated rings. The second-order valence-corrected chi connectivity index (χ2v) is 4.03. The second-order valence-electron chi connectivity index (χ2n) is 4.03. The molecule has 7 heteroatoms. The molecule has 1 rings (SSSR count). The van der Waals surface area contributed by atoms with Gasteiger partial charge in [0, 0.05) is 18.7 Å². The van der Waals surface area contributed by atoms with Crippen LogP contribution < -0.4 is 10.1 Å². The van der Waals surface area contributed by atoms with Crippen molar-refractivity contribution in [3.8, 4) is 5.75 Å². The number of ether oxygens (including phenoxy) is 2. The van der Waals surface area contributed by atoms with Crippen LogP contribution >= 0.6 is 0 Å². The molecule has 1 aromatic rings. The molecule has 0 aromatic heterocycles. The van der Waals surface area contributed by atoms with Crippen LogP contribution in [-0.4, -0.2) is 36.7 Å². The highest BCUT2D eigenvalue weighted by Gasteiger charge is 2.12. The van der Waals surface area contributed by atoms with Gasteiger partial charge in [-0.25, -0.2) is 0 Å². The summed E-state index contributed by atoms with van der Waals surface area (Å²) < 4.78 is 10.2.